The summed E-state index contributed by atoms with van der Waals surface area (Å²) in [4.78, 5) is 11.2. The van der Waals surface area contributed by atoms with Crippen LogP contribution in [0.15, 0.2) is 0 Å². The Morgan fingerprint density at radius 1 is 1.13 bits per heavy atom. The van der Waals surface area contributed by atoms with Gasteiger partial charge >= 0.3 is 5.97 Å². The van der Waals surface area contributed by atoms with Crippen LogP contribution in [0.5, 0.6) is 0 Å². The van der Waals surface area contributed by atoms with Crippen molar-refractivity contribution in [2.45, 2.75) is 76.8 Å². The van der Waals surface area contributed by atoms with Gasteiger partial charge in [-0.3, -0.25) is 0 Å². The van der Waals surface area contributed by atoms with Crippen LogP contribution < -0.4 is 0 Å². The topological polar surface area (TPSA) is 116 Å². The van der Waals surface area contributed by atoms with Crippen molar-refractivity contribution < 1.29 is 34.7 Å². The molecule has 0 aromatic heterocycles. The predicted molar refractivity (Wildman–Crippen MR) is 78.4 cm³/mol. The number of hydrogen-bond donors (Lipinski definition) is 4. The van der Waals surface area contributed by atoms with Crippen LogP contribution in [0.3, 0.4) is 0 Å². The van der Waals surface area contributed by atoms with E-state index in [0.717, 1.165) is 19.3 Å². The van der Waals surface area contributed by atoms with Crippen LogP contribution in [0.1, 0.15) is 40.0 Å². The Balaban J connectivity index is 1.76. The number of aliphatic hydroxyl groups is 3. The van der Waals surface area contributed by atoms with Gasteiger partial charge in [-0.2, -0.15) is 0 Å². The fourth-order valence-corrected chi connectivity index (χ4v) is 4.66. The normalized spacial score (nSPS) is 51.8. The molecular weight excluding hydrogens is 304 g/mol. The third-order valence-corrected chi connectivity index (χ3v) is 6.83. The Bertz CT molecular complexity index is 493. The average Bonchev–Trinajstić information content (AvgIpc) is 2.80. The zero-order valence-electron chi connectivity index (χ0n) is 13.7. The summed E-state index contributed by atoms with van der Waals surface area (Å²) in [5, 5.41) is 38.8. The second kappa shape index (κ2) is 5.39. The molecule has 0 radical (unpaired) electrons. The molecule has 2 bridgehead atoms. The molecule has 1 heterocycles. The van der Waals surface area contributed by atoms with Crippen molar-refractivity contribution in [1.82, 2.24) is 0 Å². The van der Waals surface area contributed by atoms with E-state index in [4.69, 9.17) is 14.6 Å². The van der Waals surface area contributed by atoms with E-state index in [1.807, 2.05) is 0 Å². The van der Waals surface area contributed by atoms with Gasteiger partial charge in [-0.25, -0.2) is 4.79 Å². The molecule has 8 atom stereocenters. The number of aliphatic hydroxyl groups excluding tert-OH is 3. The Labute approximate surface area is 135 Å². The third kappa shape index (κ3) is 2.33. The Hall–Kier alpha value is -0.730. The number of carboxylic acids is 1. The SMILES string of the molecule is CC1(C)[C@H]2CC[C@@]1(C)[C@H](O[C@@H]1O[C@H](C(=O)O)[C@@H](O)[C@H](O)[C@H]1O)C2. The van der Waals surface area contributed by atoms with Crippen molar-refractivity contribution in [3.63, 3.8) is 0 Å². The number of rotatable bonds is 3. The summed E-state index contributed by atoms with van der Waals surface area (Å²) >= 11 is 0. The number of ether oxygens (including phenoxy) is 2. The number of hydrogen-bond acceptors (Lipinski definition) is 6. The fraction of sp³-hybridized carbons (Fsp3) is 0.938. The number of carbonyl (C=O) groups is 1. The first-order chi connectivity index (χ1) is 10.6. The lowest BCUT2D eigenvalue weighted by molar-refractivity contribution is -0.312. The van der Waals surface area contributed by atoms with Crippen molar-refractivity contribution in [3.8, 4) is 0 Å². The van der Waals surface area contributed by atoms with Gasteiger partial charge in [-0.05, 0) is 36.0 Å². The Kier molecular flexibility index (Phi) is 4.01. The van der Waals surface area contributed by atoms with Crippen LogP contribution >= 0.6 is 0 Å². The van der Waals surface area contributed by atoms with Gasteiger partial charge in [0.05, 0.1) is 6.10 Å². The maximum absolute atomic E-state index is 11.2. The van der Waals surface area contributed by atoms with Crippen molar-refractivity contribution in [3.05, 3.63) is 0 Å². The van der Waals surface area contributed by atoms with E-state index in [-0.39, 0.29) is 16.9 Å². The second-order valence-electron chi connectivity index (χ2n) is 7.97. The maximum Gasteiger partial charge on any atom is 0.335 e. The van der Waals surface area contributed by atoms with E-state index in [2.05, 4.69) is 20.8 Å². The summed E-state index contributed by atoms with van der Waals surface area (Å²) < 4.78 is 11.2. The first kappa shape index (κ1) is 17.1. The molecule has 132 valence electrons. The van der Waals surface area contributed by atoms with Gasteiger partial charge in [-0.15, -0.1) is 0 Å². The summed E-state index contributed by atoms with van der Waals surface area (Å²) in [5.41, 5.74) is 0.0160. The highest BCUT2D eigenvalue weighted by molar-refractivity contribution is 5.73. The van der Waals surface area contributed by atoms with Gasteiger partial charge in [-0.1, -0.05) is 20.8 Å². The molecule has 0 aromatic rings. The largest absolute Gasteiger partial charge is 0.479 e. The molecule has 4 N–H and O–H groups in total. The maximum atomic E-state index is 11.2. The molecule has 23 heavy (non-hydrogen) atoms. The average molecular weight is 330 g/mol. The van der Waals surface area contributed by atoms with Crippen LogP contribution in [0, 0.1) is 16.7 Å². The standard InChI is InChI=1S/C16H26O7/c1-15(2)7-4-5-16(15,3)8(6-7)22-14-11(19)9(17)10(18)12(23-14)13(20)21/h7-12,14,17-19H,4-6H2,1-3H3,(H,20,21)/t7-,8+,9-,10-,11+,12-,14+,16-/m0/s1. The molecule has 0 spiro atoms. The zero-order valence-corrected chi connectivity index (χ0v) is 13.7. The molecule has 7 nitrogen and oxygen atoms in total. The molecule has 1 aliphatic heterocycles. The van der Waals surface area contributed by atoms with Crippen LogP contribution in [-0.2, 0) is 14.3 Å². The molecule has 0 unspecified atom stereocenters. The molecule has 7 heteroatoms. The highest BCUT2D eigenvalue weighted by Gasteiger charge is 2.63. The monoisotopic (exact) mass is 330 g/mol. The molecule has 3 fully saturated rings. The summed E-state index contributed by atoms with van der Waals surface area (Å²) in [6.07, 6.45) is -4.86. The molecule has 0 amide bonds. The van der Waals surface area contributed by atoms with Crippen LogP contribution in [0.4, 0.5) is 0 Å². The molecule has 3 aliphatic rings. The van der Waals surface area contributed by atoms with E-state index in [9.17, 15) is 20.1 Å². The molecule has 2 aliphatic carbocycles. The van der Waals surface area contributed by atoms with E-state index in [0.29, 0.717) is 5.92 Å². The van der Waals surface area contributed by atoms with Gasteiger partial charge in [0.2, 0.25) is 0 Å². The fourth-order valence-electron chi connectivity index (χ4n) is 4.66. The van der Waals surface area contributed by atoms with Crippen molar-refractivity contribution in [1.29, 1.82) is 0 Å². The van der Waals surface area contributed by atoms with Crippen LogP contribution in [0.25, 0.3) is 0 Å². The van der Waals surface area contributed by atoms with E-state index in [1.165, 1.54) is 0 Å². The van der Waals surface area contributed by atoms with Crippen LogP contribution in [-0.4, -0.2) is 63.2 Å². The second-order valence-corrected chi connectivity index (χ2v) is 7.97. The molecule has 0 aromatic carbocycles. The number of aliphatic carboxylic acids is 1. The van der Waals surface area contributed by atoms with Gasteiger partial charge in [0.15, 0.2) is 12.4 Å². The summed E-state index contributed by atoms with van der Waals surface area (Å²) in [6.45, 7) is 6.58. The smallest absolute Gasteiger partial charge is 0.335 e. The van der Waals surface area contributed by atoms with E-state index >= 15 is 0 Å². The lowest BCUT2D eigenvalue weighted by Gasteiger charge is -2.44. The minimum Gasteiger partial charge on any atom is -0.479 e. The first-order valence-corrected chi connectivity index (χ1v) is 8.17. The Morgan fingerprint density at radius 3 is 2.26 bits per heavy atom. The van der Waals surface area contributed by atoms with E-state index < -0.39 is 36.7 Å². The Morgan fingerprint density at radius 2 is 1.78 bits per heavy atom. The minimum absolute atomic E-state index is 0.0829. The van der Waals surface area contributed by atoms with Crippen molar-refractivity contribution in [2.24, 2.45) is 16.7 Å². The molecular formula is C16H26O7. The third-order valence-electron chi connectivity index (χ3n) is 6.83. The highest BCUT2D eigenvalue weighted by atomic mass is 16.7. The van der Waals surface area contributed by atoms with Gasteiger partial charge < -0.3 is 29.9 Å². The van der Waals surface area contributed by atoms with Crippen molar-refractivity contribution in [2.75, 3.05) is 0 Å². The zero-order chi connectivity index (χ0) is 17.2. The van der Waals surface area contributed by atoms with Gasteiger partial charge in [0, 0.05) is 0 Å². The number of carboxylic acid groups (broad SMARTS) is 1. The van der Waals surface area contributed by atoms with Gasteiger partial charge in [0.25, 0.3) is 0 Å². The van der Waals surface area contributed by atoms with Crippen LogP contribution in [0.2, 0.25) is 0 Å². The minimum atomic E-state index is -1.69. The van der Waals surface area contributed by atoms with Gasteiger partial charge in [0.1, 0.15) is 18.3 Å². The van der Waals surface area contributed by atoms with Crippen molar-refractivity contribution >= 4 is 5.97 Å². The molecule has 1 saturated heterocycles. The quantitative estimate of drug-likeness (QED) is 0.580. The van der Waals surface area contributed by atoms with E-state index in [1.54, 1.807) is 0 Å². The lowest BCUT2D eigenvalue weighted by atomic mass is 9.70. The first-order valence-electron chi connectivity index (χ1n) is 8.17. The predicted octanol–water partition coefficient (Wildman–Crippen LogP) is 0.110. The highest BCUT2D eigenvalue weighted by Crippen LogP contribution is 2.66. The summed E-state index contributed by atoms with van der Waals surface area (Å²) in [6, 6.07) is 0. The molecule has 2 saturated carbocycles. The lowest BCUT2D eigenvalue weighted by Crippen LogP contribution is -2.61. The molecule has 3 rings (SSSR count). The number of fused-ring (bicyclic) bond motifs is 2. The summed E-state index contributed by atoms with van der Waals surface area (Å²) in [5.74, 6) is -0.874. The summed E-state index contributed by atoms with van der Waals surface area (Å²) in [7, 11) is 0.